The summed E-state index contributed by atoms with van der Waals surface area (Å²) in [4.78, 5) is 24.1. The summed E-state index contributed by atoms with van der Waals surface area (Å²) in [6.07, 6.45) is 1.44. The Morgan fingerprint density at radius 1 is 1.22 bits per heavy atom. The summed E-state index contributed by atoms with van der Waals surface area (Å²) in [7, 11) is 1.42. The van der Waals surface area contributed by atoms with Crippen molar-refractivity contribution in [3.8, 4) is 5.75 Å². The molecule has 3 aromatic rings. The van der Waals surface area contributed by atoms with Gasteiger partial charge in [0.25, 0.3) is 11.6 Å². The van der Waals surface area contributed by atoms with Crippen molar-refractivity contribution in [2.45, 2.75) is 10.6 Å². The van der Waals surface area contributed by atoms with Crippen molar-refractivity contribution in [2.75, 3.05) is 12.4 Å². The number of hydrogen-bond donors (Lipinski definition) is 1. The molecule has 0 atom stereocenters. The second-order valence-corrected chi connectivity index (χ2v) is 6.52. The molecule has 1 amide bonds. The molecule has 0 aliphatic heterocycles. The van der Waals surface area contributed by atoms with Gasteiger partial charge in [-0.15, -0.1) is 11.8 Å². The lowest BCUT2D eigenvalue weighted by Gasteiger charge is -2.10. The first-order valence-electron chi connectivity index (χ1n) is 7.96. The van der Waals surface area contributed by atoms with Crippen LogP contribution in [0.25, 0.3) is 0 Å². The molecule has 3 rings (SSSR count). The fourth-order valence-electron chi connectivity index (χ4n) is 2.41. The Hall–Kier alpha value is -3.26. The van der Waals surface area contributed by atoms with Gasteiger partial charge in [-0.1, -0.05) is 18.2 Å². The molecule has 0 radical (unpaired) electrons. The molecule has 7 nitrogen and oxygen atoms in total. The van der Waals surface area contributed by atoms with Crippen LogP contribution in [0, 0.1) is 10.1 Å². The fourth-order valence-corrected chi connectivity index (χ4v) is 3.31. The van der Waals surface area contributed by atoms with Gasteiger partial charge in [0.2, 0.25) is 0 Å². The summed E-state index contributed by atoms with van der Waals surface area (Å²) < 4.78 is 10.5. The maximum absolute atomic E-state index is 12.6. The number of carbonyl (C=O) groups is 1. The van der Waals surface area contributed by atoms with E-state index in [2.05, 4.69) is 5.32 Å². The molecule has 1 N–H and O–H groups in total. The minimum atomic E-state index is -0.538. The van der Waals surface area contributed by atoms with E-state index in [0.29, 0.717) is 11.5 Å². The highest BCUT2D eigenvalue weighted by molar-refractivity contribution is 7.98. The summed E-state index contributed by atoms with van der Waals surface area (Å²) >= 11 is 1.58. The Morgan fingerprint density at radius 3 is 2.70 bits per heavy atom. The second kappa shape index (κ2) is 8.41. The number of carbonyl (C=O) groups excluding carboxylic acids is 1. The zero-order valence-electron chi connectivity index (χ0n) is 14.4. The molecule has 0 bridgehead atoms. The van der Waals surface area contributed by atoms with Gasteiger partial charge >= 0.3 is 0 Å². The quantitative estimate of drug-likeness (QED) is 0.359. The summed E-state index contributed by atoms with van der Waals surface area (Å²) in [5, 5.41) is 13.6. The summed E-state index contributed by atoms with van der Waals surface area (Å²) in [6, 6.07) is 15.5. The number of hydrogen-bond acceptors (Lipinski definition) is 6. The van der Waals surface area contributed by atoms with Crippen molar-refractivity contribution >= 4 is 29.0 Å². The van der Waals surface area contributed by atoms with Crippen LogP contribution in [0.3, 0.4) is 0 Å². The van der Waals surface area contributed by atoms with E-state index in [0.717, 1.165) is 10.5 Å². The average molecular weight is 384 g/mol. The van der Waals surface area contributed by atoms with E-state index in [-0.39, 0.29) is 17.1 Å². The van der Waals surface area contributed by atoms with Gasteiger partial charge in [0.05, 0.1) is 24.0 Å². The van der Waals surface area contributed by atoms with Crippen LogP contribution in [-0.4, -0.2) is 17.9 Å². The van der Waals surface area contributed by atoms with Gasteiger partial charge in [0.15, 0.2) is 5.76 Å². The van der Waals surface area contributed by atoms with E-state index in [4.69, 9.17) is 9.15 Å². The van der Waals surface area contributed by atoms with Crippen LogP contribution in [0.4, 0.5) is 11.4 Å². The standard InChI is InChI=1S/C19H16N2O5S/c1-25-17-8-7-14(21(23)24)11-16(17)20-19(22)18-13(9-10-26-18)12-27-15-5-3-2-4-6-15/h2-11H,12H2,1H3,(H,20,22). The van der Waals surface area contributed by atoms with Crippen molar-refractivity contribution in [1.82, 2.24) is 0 Å². The van der Waals surface area contributed by atoms with E-state index >= 15 is 0 Å². The fraction of sp³-hybridized carbons (Fsp3) is 0.105. The van der Waals surface area contributed by atoms with Crippen LogP contribution < -0.4 is 10.1 Å². The smallest absolute Gasteiger partial charge is 0.291 e. The number of nitrogens with one attached hydrogen (secondary N) is 1. The van der Waals surface area contributed by atoms with Gasteiger partial charge in [-0.3, -0.25) is 14.9 Å². The van der Waals surface area contributed by atoms with Crippen LogP contribution in [0.5, 0.6) is 5.75 Å². The van der Waals surface area contributed by atoms with E-state index in [1.165, 1.54) is 31.6 Å². The molecule has 27 heavy (non-hydrogen) atoms. The number of amides is 1. The number of ether oxygens (including phenoxy) is 1. The van der Waals surface area contributed by atoms with Gasteiger partial charge in [-0.05, 0) is 24.3 Å². The zero-order chi connectivity index (χ0) is 19.2. The topological polar surface area (TPSA) is 94.6 Å². The largest absolute Gasteiger partial charge is 0.495 e. The van der Waals surface area contributed by atoms with Gasteiger partial charge < -0.3 is 14.5 Å². The number of furan rings is 1. The summed E-state index contributed by atoms with van der Waals surface area (Å²) in [5.74, 6) is 0.533. The molecule has 0 unspecified atom stereocenters. The van der Waals surface area contributed by atoms with Crippen LogP contribution in [0.2, 0.25) is 0 Å². The minimum absolute atomic E-state index is 0.148. The Labute approximate surface area is 159 Å². The van der Waals surface area contributed by atoms with Crippen molar-refractivity contribution < 1.29 is 18.9 Å². The molecule has 2 aromatic carbocycles. The molecule has 0 spiro atoms. The monoisotopic (exact) mass is 384 g/mol. The number of non-ortho nitro benzene ring substituents is 1. The molecule has 0 saturated heterocycles. The van der Waals surface area contributed by atoms with Gasteiger partial charge in [0, 0.05) is 28.3 Å². The summed E-state index contributed by atoms with van der Waals surface area (Å²) in [6.45, 7) is 0. The number of benzene rings is 2. The molecular formula is C19H16N2O5S. The number of nitro benzene ring substituents is 1. The first-order valence-corrected chi connectivity index (χ1v) is 8.95. The summed E-state index contributed by atoms with van der Waals surface area (Å²) in [5.41, 5.74) is 0.783. The van der Waals surface area contributed by atoms with Crippen LogP contribution in [0.1, 0.15) is 16.1 Å². The molecule has 1 aromatic heterocycles. The Morgan fingerprint density at radius 2 is 2.00 bits per heavy atom. The lowest BCUT2D eigenvalue weighted by atomic mass is 10.2. The number of methoxy groups -OCH3 is 1. The van der Waals surface area contributed by atoms with Crippen molar-refractivity contribution in [3.63, 3.8) is 0 Å². The van der Waals surface area contributed by atoms with Gasteiger partial charge in [0.1, 0.15) is 5.75 Å². The van der Waals surface area contributed by atoms with E-state index in [1.807, 2.05) is 30.3 Å². The normalized spacial score (nSPS) is 10.4. The number of nitrogens with zero attached hydrogens (tertiary/aromatic N) is 1. The first-order chi connectivity index (χ1) is 13.1. The number of thioether (sulfide) groups is 1. The Kier molecular flexibility index (Phi) is 5.77. The molecular weight excluding hydrogens is 368 g/mol. The highest BCUT2D eigenvalue weighted by Gasteiger charge is 2.19. The zero-order valence-corrected chi connectivity index (χ0v) is 15.2. The minimum Gasteiger partial charge on any atom is -0.495 e. The molecule has 0 aliphatic carbocycles. The van der Waals surface area contributed by atoms with Gasteiger partial charge in [-0.2, -0.15) is 0 Å². The third-order valence-electron chi connectivity index (χ3n) is 3.73. The third kappa shape index (κ3) is 4.48. The molecule has 0 saturated carbocycles. The van der Waals surface area contributed by atoms with Crippen molar-refractivity contribution in [1.29, 1.82) is 0 Å². The molecule has 0 aliphatic rings. The number of nitro groups is 1. The van der Waals surface area contributed by atoms with Crippen LogP contribution >= 0.6 is 11.8 Å². The maximum atomic E-state index is 12.6. The number of rotatable bonds is 7. The maximum Gasteiger partial charge on any atom is 0.291 e. The highest BCUT2D eigenvalue weighted by atomic mass is 32.2. The molecule has 8 heteroatoms. The van der Waals surface area contributed by atoms with E-state index in [1.54, 1.807) is 17.8 Å². The first kappa shape index (κ1) is 18.5. The second-order valence-electron chi connectivity index (χ2n) is 5.47. The lowest BCUT2D eigenvalue weighted by molar-refractivity contribution is -0.384. The average Bonchev–Trinajstić information content (AvgIpc) is 3.16. The van der Waals surface area contributed by atoms with Crippen molar-refractivity contribution in [3.05, 3.63) is 82.3 Å². The lowest BCUT2D eigenvalue weighted by Crippen LogP contribution is -2.13. The SMILES string of the molecule is COc1ccc([N+](=O)[O-])cc1NC(=O)c1occc1CSc1ccccc1. The molecule has 0 fully saturated rings. The Bertz CT molecular complexity index is 956. The van der Waals surface area contributed by atoms with Crippen molar-refractivity contribution in [2.24, 2.45) is 0 Å². The Balaban J connectivity index is 1.77. The number of anilines is 1. The van der Waals surface area contributed by atoms with Crippen LogP contribution in [-0.2, 0) is 5.75 Å². The molecule has 1 heterocycles. The third-order valence-corrected chi connectivity index (χ3v) is 4.79. The highest BCUT2D eigenvalue weighted by Crippen LogP contribution is 2.30. The van der Waals surface area contributed by atoms with E-state index in [9.17, 15) is 14.9 Å². The van der Waals surface area contributed by atoms with E-state index < -0.39 is 10.8 Å². The van der Waals surface area contributed by atoms with Crippen LogP contribution in [0.15, 0.2) is 70.2 Å². The molecule has 138 valence electrons. The van der Waals surface area contributed by atoms with Gasteiger partial charge in [-0.25, -0.2) is 0 Å². The predicted octanol–water partition coefficient (Wildman–Crippen LogP) is 4.74. The predicted molar refractivity (Wildman–Crippen MR) is 102 cm³/mol.